The van der Waals surface area contributed by atoms with Gasteiger partial charge in [0.05, 0.1) is 0 Å². The topological polar surface area (TPSA) is 63.4 Å². The molecule has 1 saturated heterocycles. The highest BCUT2D eigenvalue weighted by molar-refractivity contribution is 7.89. The molecule has 1 fully saturated rings. The molecule has 1 heterocycles. The fourth-order valence-electron chi connectivity index (χ4n) is 2.19. The molecule has 0 unspecified atom stereocenters. The second-order valence-electron chi connectivity index (χ2n) is 5.05. The van der Waals surface area contributed by atoms with Gasteiger partial charge in [-0.1, -0.05) is 0 Å². The molecular formula is C12H14F4N2O2S. The zero-order valence-electron chi connectivity index (χ0n) is 11.0. The highest BCUT2D eigenvalue weighted by Gasteiger charge is 2.34. The first kappa shape index (κ1) is 16.2. The number of alkyl halides is 2. The largest absolute Gasteiger partial charge is 0.299 e. The first-order valence-corrected chi connectivity index (χ1v) is 7.74. The fourth-order valence-corrected chi connectivity index (χ4v) is 2.79. The van der Waals surface area contributed by atoms with Crippen molar-refractivity contribution < 1.29 is 26.0 Å². The average Bonchev–Trinajstić information content (AvgIpc) is 2.34. The Morgan fingerprint density at radius 1 is 1.14 bits per heavy atom. The molecule has 0 radical (unpaired) electrons. The standard InChI is InChI=1S/C12H14F4N2O2S/c13-9-6-11(21(17,19)20)10(14)5-8(9)7-18-3-1-12(15,16)2-4-18/h5-6H,1-4,7H2,(H2,17,19,20). The van der Waals surface area contributed by atoms with Crippen molar-refractivity contribution in [3.63, 3.8) is 0 Å². The van der Waals surface area contributed by atoms with E-state index in [2.05, 4.69) is 0 Å². The number of sulfonamides is 1. The predicted molar refractivity (Wildman–Crippen MR) is 67.2 cm³/mol. The molecule has 1 aromatic carbocycles. The lowest BCUT2D eigenvalue weighted by Crippen LogP contribution is -2.39. The van der Waals surface area contributed by atoms with Crippen LogP contribution in [0.5, 0.6) is 0 Å². The van der Waals surface area contributed by atoms with Crippen molar-refractivity contribution in [1.29, 1.82) is 0 Å². The van der Waals surface area contributed by atoms with E-state index in [0.29, 0.717) is 6.07 Å². The molecule has 4 nitrogen and oxygen atoms in total. The van der Waals surface area contributed by atoms with E-state index < -0.39 is 32.5 Å². The molecule has 2 N–H and O–H groups in total. The number of nitrogens with two attached hydrogens (primary N) is 1. The molecule has 2 rings (SSSR count). The van der Waals surface area contributed by atoms with Crippen molar-refractivity contribution >= 4 is 10.0 Å². The van der Waals surface area contributed by atoms with Gasteiger partial charge in [0.25, 0.3) is 5.92 Å². The maximum Gasteiger partial charge on any atom is 0.250 e. The zero-order chi connectivity index (χ0) is 15.8. The number of primary sulfonamides is 1. The lowest BCUT2D eigenvalue weighted by molar-refractivity contribution is -0.0568. The van der Waals surface area contributed by atoms with Crippen LogP contribution in [0.4, 0.5) is 17.6 Å². The summed E-state index contributed by atoms with van der Waals surface area (Å²) in [6.45, 7) is 0.0553. The Morgan fingerprint density at radius 2 is 1.71 bits per heavy atom. The molecule has 9 heteroatoms. The van der Waals surface area contributed by atoms with Crippen LogP contribution in [0.15, 0.2) is 17.0 Å². The Morgan fingerprint density at radius 3 is 2.24 bits per heavy atom. The monoisotopic (exact) mass is 326 g/mol. The Kier molecular flexibility index (Phi) is 4.27. The van der Waals surface area contributed by atoms with Crippen LogP contribution in [0, 0.1) is 11.6 Å². The summed E-state index contributed by atoms with van der Waals surface area (Å²) in [6.07, 6.45) is -0.682. The van der Waals surface area contributed by atoms with E-state index in [9.17, 15) is 26.0 Å². The van der Waals surface area contributed by atoms with Gasteiger partial charge in [0, 0.05) is 38.0 Å². The zero-order valence-corrected chi connectivity index (χ0v) is 11.8. The highest BCUT2D eigenvalue weighted by Crippen LogP contribution is 2.29. The molecule has 0 bridgehead atoms. The molecule has 0 aliphatic carbocycles. The highest BCUT2D eigenvalue weighted by atomic mass is 32.2. The number of hydrogen-bond donors (Lipinski definition) is 1. The van der Waals surface area contributed by atoms with Gasteiger partial charge in [-0.05, 0) is 12.1 Å². The summed E-state index contributed by atoms with van der Waals surface area (Å²) in [5.41, 5.74) is -0.0925. The van der Waals surface area contributed by atoms with E-state index in [1.165, 1.54) is 0 Å². The fraction of sp³-hybridized carbons (Fsp3) is 0.500. The second-order valence-corrected chi connectivity index (χ2v) is 6.58. The summed E-state index contributed by atoms with van der Waals surface area (Å²) in [5.74, 6) is -4.81. The van der Waals surface area contributed by atoms with Gasteiger partial charge in [-0.15, -0.1) is 0 Å². The minimum Gasteiger partial charge on any atom is -0.299 e. The molecule has 1 aliphatic heterocycles. The van der Waals surface area contributed by atoms with Gasteiger partial charge in [0.15, 0.2) is 0 Å². The van der Waals surface area contributed by atoms with E-state index >= 15 is 0 Å². The number of hydrogen-bond acceptors (Lipinski definition) is 3. The van der Waals surface area contributed by atoms with Crippen molar-refractivity contribution in [3.05, 3.63) is 29.3 Å². The van der Waals surface area contributed by atoms with Gasteiger partial charge < -0.3 is 0 Å². The number of halogens is 4. The van der Waals surface area contributed by atoms with Gasteiger partial charge in [-0.25, -0.2) is 31.1 Å². The molecule has 0 spiro atoms. The quantitative estimate of drug-likeness (QED) is 0.862. The second kappa shape index (κ2) is 5.54. The average molecular weight is 326 g/mol. The van der Waals surface area contributed by atoms with E-state index in [4.69, 9.17) is 5.14 Å². The predicted octanol–water partition coefficient (Wildman–Crippen LogP) is 1.84. The molecule has 0 aromatic heterocycles. The minimum absolute atomic E-state index is 0.0605. The molecular weight excluding hydrogens is 312 g/mol. The minimum atomic E-state index is -4.35. The van der Waals surface area contributed by atoms with Crippen LogP contribution in [0.25, 0.3) is 0 Å². The van der Waals surface area contributed by atoms with Crippen LogP contribution >= 0.6 is 0 Å². The van der Waals surface area contributed by atoms with Crippen molar-refractivity contribution in [1.82, 2.24) is 4.90 Å². The Labute approximate surface area is 119 Å². The number of piperidine rings is 1. The number of rotatable bonds is 3. The summed E-state index contributed by atoms with van der Waals surface area (Å²) >= 11 is 0. The van der Waals surface area contributed by atoms with Crippen LogP contribution in [0.3, 0.4) is 0 Å². The molecule has 118 valence electrons. The van der Waals surface area contributed by atoms with Gasteiger partial charge >= 0.3 is 0 Å². The van der Waals surface area contributed by atoms with E-state index in [-0.39, 0.29) is 38.0 Å². The third kappa shape index (κ3) is 3.92. The molecule has 0 amide bonds. The lowest BCUT2D eigenvalue weighted by atomic mass is 10.1. The summed E-state index contributed by atoms with van der Waals surface area (Å²) in [5, 5.41) is 4.76. The molecule has 0 saturated carbocycles. The molecule has 21 heavy (non-hydrogen) atoms. The summed E-state index contributed by atoms with van der Waals surface area (Å²) in [7, 11) is -4.35. The summed E-state index contributed by atoms with van der Waals surface area (Å²) < 4.78 is 75.6. The Balaban J connectivity index is 2.17. The van der Waals surface area contributed by atoms with Crippen LogP contribution in [0.1, 0.15) is 18.4 Å². The number of nitrogens with zero attached hydrogens (tertiary/aromatic N) is 1. The summed E-state index contributed by atoms with van der Waals surface area (Å²) in [4.78, 5) is 0.639. The first-order chi connectivity index (χ1) is 9.58. The van der Waals surface area contributed by atoms with E-state index in [0.717, 1.165) is 6.07 Å². The maximum absolute atomic E-state index is 13.8. The van der Waals surface area contributed by atoms with Crippen molar-refractivity contribution in [3.8, 4) is 0 Å². The SMILES string of the molecule is NS(=O)(=O)c1cc(F)c(CN2CCC(F)(F)CC2)cc1F. The normalized spacial score (nSPS) is 19.7. The Hall–Kier alpha value is -1.19. The van der Waals surface area contributed by atoms with Crippen LogP contribution in [-0.4, -0.2) is 32.3 Å². The number of benzene rings is 1. The van der Waals surface area contributed by atoms with Crippen LogP contribution in [0.2, 0.25) is 0 Å². The van der Waals surface area contributed by atoms with E-state index in [1.807, 2.05) is 0 Å². The van der Waals surface area contributed by atoms with Gasteiger partial charge in [0.2, 0.25) is 10.0 Å². The van der Waals surface area contributed by atoms with E-state index in [1.54, 1.807) is 4.90 Å². The van der Waals surface area contributed by atoms with Gasteiger partial charge in [-0.3, -0.25) is 4.90 Å². The van der Waals surface area contributed by atoms with Crippen molar-refractivity contribution in [2.45, 2.75) is 30.2 Å². The lowest BCUT2D eigenvalue weighted by Gasteiger charge is -2.31. The van der Waals surface area contributed by atoms with Gasteiger partial charge in [-0.2, -0.15) is 0 Å². The first-order valence-electron chi connectivity index (χ1n) is 6.19. The smallest absolute Gasteiger partial charge is 0.250 e. The van der Waals surface area contributed by atoms with Crippen LogP contribution < -0.4 is 5.14 Å². The molecule has 0 atom stereocenters. The number of likely N-dealkylation sites (tertiary alicyclic amines) is 1. The van der Waals surface area contributed by atoms with Crippen molar-refractivity contribution in [2.75, 3.05) is 13.1 Å². The third-order valence-corrected chi connectivity index (χ3v) is 4.31. The molecule has 1 aliphatic rings. The Bertz CT molecular complexity index is 639. The van der Waals surface area contributed by atoms with Crippen LogP contribution in [-0.2, 0) is 16.6 Å². The maximum atomic E-state index is 13.8. The van der Waals surface area contributed by atoms with Gasteiger partial charge in [0.1, 0.15) is 16.5 Å². The summed E-state index contributed by atoms with van der Waals surface area (Å²) in [6, 6.07) is 1.25. The third-order valence-electron chi connectivity index (χ3n) is 3.39. The molecule has 1 aromatic rings. The van der Waals surface area contributed by atoms with Crippen molar-refractivity contribution in [2.24, 2.45) is 5.14 Å².